The van der Waals surface area contributed by atoms with E-state index in [1.807, 2.05) is 13.2 Å². The minimum absolute atomic E-state index is 0.269. The molecule has 6 rings (SSSR count). The normalized spacial score (nSPS) is 17.9. The molecule has 4 N–H and O–H groups in total. The highest BCUT2D eigenvalue weighted by atomic mass is 32.2. The first kappa shape index (κ1) is 26.7. The van der Waals surface area contributed by atoms with Crippen LogP contribution in [0, 0.1) is 5.41 Å². The number of aryl methyl sites for hydroxylation is 1. The van der Waals surface area contributed by atoms with E-state index in [1.165, 1.54) is 49.1 Å². The minimum Gasteiger partial charge on any atom is -0.491 e. The first-order chi connectivity index (χ1) is 18.4. The van der Waals surface area contributed by atoms with Gasteiger partial charge in [-0.05, 0) is 93.4 Å². The fourth-order valence-corrected chi connectivity index (χ4v) is 5.88. The average Bonchev–Trinajstić information content (AvgIpc) is 3.43. The molecule has 0 radical (unpaired) electrons. The highest BCUT2D eigenvalue weighted by Crippen LogP contribution is 2.39. The third-order valence-corrected chi connectivity index (χ3v) is 8.18. The summed E-state index contributed by atoms with van der Waals surface area (Å²) in [5, 5.41) is 3.22. The second kappa shape index (κ2) is 11.9. The van der Waals surface area contributed by atoms with Crippen LogP contribution in [0.15, 0.2) is 41.7 Å². The molecule has 1 aromatic carbocycles. The van der Waals surface area contributed by atoms with Gasteiger partial charge in [0, 0.05) is 35.1 Å². The summed E-state index contributed by atoms with van der Waals surface area (Å²) in [6.45, 7) is 9.33. The predicted molar refractivity (Wildman–Crippen MR) is 155 cm³/mol. The van der Waals surface area contributed by atoms with Gasteiger partial charge in [0.2, 0.25) is 0 Å². The lowest BCUT2D eigenvalue weighted by atomic mass is 9.76. The summed E-state index contributed by atoms with van der Waals surface area (Å²) in [6, 6.07) is 8.42. The van der Waals surface area contributed by atoms with Crippen molar-refractivity contribution >= 4 is 23.6 Å². The maximum Gasteiger partial charge on any atom is 0.138 e. The number of anilines is 2. The fourth-order valence-electron chi connectivity index (χ4n) is 5.32. The van der Waals surface area contributed by atoms with Crippen LogP contribution in [0.1, 0.15) is 49.9 Å². The quantitative estimate of drug-likeness (QED) is 0.414. The summed E-state index contributed by atoms with van der Waals surface area (Å²) < 4.78 is 9.20. The molecule has 0 atom stereocenters. The highest BCUT2D eigenvalue weighted by Gasteiger charge is 2.30. The van der Waals surface area contributed by atoms with Crippen molar-refractivity contribution in [2.45, 2.75) is 57.4 Å². The highest BCUT2D eigenvalue weighted by molar-refractivity contribution is 7.97. The Balaban J connectivity index is 0.000000529. The molecule has 0 bridgehead atoms. The van der Waals surface area contributed by atoms with Crippen LogP contribution >= 0.6 is 11.9 Å². The number of aromatic nitrogens is 3. The topological polar surface area (TPSA) is 101 Å². The molecule has 2 aliphatic heterocycles. The minimum atomic E-state index is 0.269. The number of fused-ring (bicyclic) bond motifs is 2. The summed E-state index contributed by atoms with van der Waals surface area (Å²) in [4.78, 5) is 17.0. The number of nitrogens with two attached hydrogens (primary N) is 1. The van der Waals surface area contributed by atoms with E-state index in [1.54, 1.807) is 6.33 Å². The zero-order valence-electron chi connectivity index (χ0n) is 22.7. The number of nitrogen functional groups attached to an aromatic ring is 1. The van der Waals surface area contributed by atoms with Gasteiger partial charge in [-0.25, -0.2) is 15.0 Å². The Kier molecular flexibility index (Phi) is 8.35. The first-order valence-corrected chi connectivity index (χ1v) is 14.4. The lowest BCUT2D eigenvalue weighted by Crippen LogP contribution is -2.31. The summed E-state index contributed by atoms with van der Waals surface area (Å²) >= 11 is 1.47. The average molecular weight is 534 g/mol. The SMILES string of the molecule is C1CCNC1.CNSc1cc(-c2ccc3c(c2)CN(c2ncnc4c2CC(C)(C)CC4)CCO3)cnc1N. The molecule has 0 amide bonds. The number of rotatable bonds is 4. The van der Waals surface area contributed by atoms with E-state index in [0.717, 1.165) is 65.5 Å². The number of pyridine rings is 1. The van der Waals surface area contributed by atoms with Gasteiger partial charge in [0.1, 0.15) is 30.3 Å². The smallest absolute Gasteiger partial charge is 0.138 e. The second-order valence-electron chi connectivity index (χ2n) is 10.9. The van der Waals surface area contributed by atoms with Gasteiger partial charge in [-0.15, -0.1) is 0 Å². The molecule has 3 aliphatic rings. The molecule has 9 heteroatoms. The standard InChI is InChI=1S/C25H30N6OS.C4H9N/c1-25(2)7-6-20-19(12-25)24(30-15-29-20)31-8-9-32-21-5-4-16(10-18(21)14-31)17-11-22(33-27-3)23(26)28-13-17;1-2-4-5-3-1/h4-5,10-11,13,15,27H,6-9,12,14H2,1-3H3,(H2,26,28);5H,1-4H2. The molecule has 0 unspecified atom stereocenters. The van der Waals surface area contributed by atoms with Crippen molar-refractivity contribution < 1.29 is 4.74 Å². The van der Waals surface area contributed by atoms with Crippen LogP contribution in [0.25, 0.3) is 11.1 Å². The number of hydrogen-bond acceptors (Lipinski definition) is 9. The third kappa shape index (κ3) is 6.22. The monoisotopic (exact) mass is 533 g/mol. The van der Waals surface area contributed by atoms with Crippen molar-refractivity contribution in [1.29, 1.82) is 0 Å². The van der Waals surface area contributed by atoms with E-state index >= 15 is 0 Å². The molecule has 4 heterocycles. The molecular formula is C29H39N7OS. The Labute approximate surface area is 230 Å². The van der Waals surface area contributed by atoms with Crippen LogP contribution in [-0.2, 0) is 19.4 Å². The van der Waals surface area contributed by atoms with Gasteiger partial charge < -0.3 is 20.7 Å². The molecular weight excluding hydrogens is 494 g/mol. The Morgan fingerprint density at radius 2 is 1.95 bits per heavy atom. The van der Waals surface area contributed by atoms with E-state index in [2.05, 4.69) is 63.0 Å². The number of nitrogens with one attached hydrogen (secondary N) is 2. The molecule has 38 heavy (non-hydrogen) atoms. The van der Waals surface area contributed by atoms with Crippen molar-refractivity contribution in [1.82, 2.24) is 25.0 Å². The van der Waals surface area contributed by atoms with E-state index in [9.17, 15) is 0 Å². The Morgan fingerprint density at radius 1 is 1.11 bits per heavy atom. The van der Waals surface area contributed by atoms with Crippen molar-refractivity contribution in [3.8, 4) is 16.9 Å². The predicted octanol–water partition coefficient (Wildman–Crippen LogP) is 4.63. The van der Waals surface area contributed by atoms with E-state index < -0.39 is 0 Å². The summed E-state index contributed by atoms with van der Waals surface area (Å²) in [5.41, 5.74) is 12.1. The van der Waals surface area contributed by atoms with Crippen molar-refractivity contribution in [2.24, 2.45) is 5.41 Å². The van der Waals surface area contributed by atoms with E-state index in [-0.39, 0.29) is 5.41 Å². The van der Waals surface area contributed by atoms with Gasteiger partial charge >= 0.3 is 0 Å². The van der Waals surface area contributed by atoms with Crippen LogP contribution < -0.4 is 25.4 Å². The van der Waals surface area contributed by atoms with Gasteiger partial charge in [-0.1, -0.05) is 19.9 Å². The van der Waals surface area contributed by atoms with Crippen LogP contribution in [0.4, 0.5) is 11.6 Å². The molecule has 1 fully saturated rings. The van der Waals surface area contributed by atoms with Crippen LogP contribution in [0.3, 0.4) is 0 Å². The van der Waals surface area contributed by atoms with Crippen molar-refractivity contribution in [2.75, 3.05) is 43.9 Å². The van der Waals surface area contributed by atoms with Crippen molar-refractivity contribution in [3.63, 3.8) is 0 Å². The molecule has 1 aliphatic carbocycles. The second-order valence-corrected chi connectivity index (χ2v) is 12.0. The fraction of sp³-hybridized carbons (Fsp3) is 0.483. The Hall–Kier alpha value is -2.88. The maximum atomic E-state index is 6.12. The molecule has 0 saturated carbocycles. The van der Waals surface area contributed by atoms with Gasteiger partial charge in [-0.3, -0.25) is 4.72 Å². The zero-order chi connectivity index (χ0) is 26.5. The van der Waals surface area contributed by atoms with Crippen LogP contribution in [0.2, 0.25) is 0 Å². The molecule has 1 saturated heterocycles. The van der Waals surface area contributed by atoms with E-state index in [4.69, 9.17) is 15.5 Å². The Bertz CT molecular complexity index is 1250. The largest absolute Gasteiger partial charge is 0.491 e. The van der Waals surface area contributed by atoms with Gasteiger partial charge in [-0.2, -0.15) is 0 Å². The number of hydrogen-bond donors (Lipinski definition) is 3. The number of nitrogens with zero attached hydrogens (tertiary/aromatic N) is 4. The van der Waals surface area contributed by atoms with Gasteiger partial charge in [0.15, 0.2) is 0 Å². The van der Waals surface area contributed by atoms with Crippen LogP contribution in [-0.4, -0.2) is 48.2 Å². The van der Waals surface area contributed by atoms with E-state index in [0.29, 0.717) is 12.4 Å². The molecule has 2 aromatic heterocycles. The van der Waals surface area contributed by atoms with Crippen LogP contribution in [0.5, 0.6) is 5.75 Å². The summed E-state index contributed by atoms with van der Waals surface area (Å²) in [7, 11) is 1.87. The lowest BCUT2D eigenvalue weighted by molar-refractivity contribution is 0.310. The van der Waals surface area contributed by atoms with Gasteiger partial charge in [0.25, 0.3) is 0 Å². The van der Waals surface area contributed by atoms with Gasteiger partial charge in [0.05, 0.1) is 11.4 Å². The number of ether oxygens (including phenoxy) is 1. The van der Waals surface area contributed by atoms with Crippen molar-refractivity contribution in [3.05, 3.63) is 53.6 Å². The zero-order valence-corrected chi connectivity index (χ0v) is 23.5. The molecule has 202 valence electrons. The molecule has 3 aromatic rings. The molecule has 0 spiro atoms. The maximum absolute atomic E-state index is 6.12. The first-order valence-electron chi connectivity index (χ1n) is 13.6. The molecule has 8 nitrogen and oxygen atoms in total. The lowest BCUT2D eigenvalue weighted by Gasteiger charge is -2.33. The Morgan fingerprint density at radius 3 is 2.71 bits per heavy atom. The third-order valence-electron chi connectivity index (χ3n) is 7.43. The number of benzene rings is 1. The summed E-state index contributed by atoms with van der Waals surface area (Å²) in [5.74, 6) is 2.51. The summed E-state index contributed by atoms with van der Waals surface area (Å²) in [6.07, 6.45) is 9.51.